The third-order valence-electron chi connectivity index (χ3n) is 3.05. The lowest BCUT2D eigenvalue weighted by Gasteiger charge is -2.03. The van der Waals surface area contributed by atoms with E-state index < -0.39 is 0 Å². The summed E-state index contributed by atoms with van der Waals surface area (Å²) in [5.74, 6) is -0.0480. The number of thiophene rings is 2. The minimum atomic E-state index is -0.156. The van der Waals surface area contributed by atoms with Crippen LogP contribution in [0.5, 0.6) is 0 Å². The number of rotatable bonds is 4. The molecule has 3 aromatic heterocycles. The smallest absolute Gasteiger partial charge is 0.262 e. The molecule has 0 unspecified atom stereocenters. The lowest BCUT2D eigenvalue weighted by molar-refractivity contribution is 0.0974. The molecule has 0 radical (unpaired) electrons. The number of fused-ring (bicyclic) bond motifs is 1. The number of hydrogen-bond donors (Lipinski definition) is 0. The van der Waals surface area contributed by atoms with E-state index in [4.69, 9.17) is 0 Å². The average molecular weight is 304 g/mol. The van der Waals surface area contributed by atoms with Crippen LogP contribution in [0.3, 0.4) is 0 Å². The van der Waals surface area contributed by atoms with Gasteiger partial charge in [0.2, 0.25) is 0 Å². The van der Waals surface area contributed by atoms with Gasteiger partial charge in [-0.25, -0.2) is 4.98 Å². The first-order chi connectivity index (χ1) is 9.69. The van der Waals surface area contributed by atoms with E-state index in [0.29, 0.717) is 15.1 Å². The summed E-state index contributed by atoms with van der Waals surface area (Å²) in [6.07, 6.45) is 2.37. The first-order valence-corrected chi connectivity index (χ1v) is 7.93. The highest BCUT2D eigenvalue weighted by Gasteiger charge is 2.12. The Morgan fingerprint density at radius 3 is 2.95 bits per heavy atom. The Labute approximate surface area is 123 Å². The van der Waals surface area contributed by atoms with Gasteiger partial charge < -0.3 is 0 Å². The average Bonchev–Trinajstić information content (AvgIpc) is 3.10. The molecule has 0 N–H and O–H groups in total. The van der Waals surface area contributed by atoms with Crippen LogP contribution in [0, 0.1) is 0 Å². The molecule has 6 heteroatoms. The summed E-state index contributed by atoms with van der Waals surface area (Å²) < 4.78 is 1.38. The van der Waals surface area contributed by atoms with Crippen molar-refractivity contribution < 1.29 is 4.79 Å². The lowest BCUT2D eigenvalue weighted by Crippen LogP contribution is -2.23. The molecule has 102 valence electrons. The Bertz CT molecular complexity index is 829. The number of hydrogen-bond acceptors (Lipinski definition) is 5. The molecule has 0 aliphatic heterocycles. The second-order valence-corrected chi connectivity index (χ2v) is 6.42. The third kappa shape index (κ3) is 2.32. The van der Waals surface area contributed by atoms with Crippen molar-refractivity contribution >= 4 is 38.7 Å². The second kappa shape index (κ2) is 5.30. The molecule has 0 fully saturated rings. The summed E-state index contributed by atoms with van der Waals surface area (Å²) >= 11 is 2.91. The molecule has 0 amide bonds. The molecule has 0 saturated carbocycles. The lowest BCUT2D eigenvalue weighted by atomic mass is 10.3. The predicted octanol–water partition coefficient (Wildman–Crippen LogP) is 2.96. The van der Waals surface area contributed by atoms with Gasteiger partial charge in [0, 0.05) is 4.88 Å². The molecular weight excluding hydrogens is 292 g/mol. The Balaban J connectivity index is 1.90. The highest BCUT2D eigenvalue weighted by molar-refractivity contribution is 7.16. The largest absolute Gasteiger partial charge is 0.291 e. The van der Waals surface area contributed by atoms with Crippen molar-refractivity contribution in [1.29, 1.82) is 0 Å². The van der Waals surface area contributed by atoms with Gasteiger partial charge in [-0.05, 0) is 30.0 Å². The van der Waals surface area contributed by atoms with Gasteiger partial charge in [-0.2, -0.15) is 0 Å². The van der Waals surface area contributed by atoms with Crippen molar-refractivity contribution in [3.8, 4) is 0 Å². The van der Waals surface area contributed by atoms with E-state index in [2.05, 4.69) is 11.9 Å². The first kappa shape index (κ1) is 13.2. The number of ketones is 1. The number of carbonyl (C=O) groups is 1. The molecule has 20 heavy (non-hydrogen) atoms. The zero-order valence-electron chi connectivity index (χ0n) is 10.8. The van der Waals surface area contributed by atoms with Crippen LogP contribution >= 0.6 is 22.7 Å². The molecule has 0 saturated heterocycles. The number of aromatic nitrogens is 2. The molecule has 0 spiro atoms. The molecular formula is C14H12N2O2S2. The quantitative estimate of drug-likeness (QED) is 0.696. The van der Waals surface area contributed by atoms with E-state index >= 15 is 0 Å². The maximum atomic E-state index is 12.2. The normalized spacial score (nSPS) is 11.1. The van der Waals surface area contributed by atoms with Crippen LogP contribution in [0.15, 0.2) is 34.7 Å². The summed E-state index contributed by atoms with van der Waals surface area (Å²) in [5, 5.41) is 2.41. The van der Waals surface area contributed by atoms with Gasteiger partial charge in [0.1, 0.15) is 4.83 Å². The summed E-state index contributed by atoms with van der Waals surface area (Å²) in [4.78, 5) is 31.2. The van der Waals surface area contributed by atoms with Crippen LogP contribution in [0.25, 0.3) is 10.2 Å². The van der Waals surface area contributed by atoms with Crippen molar-refractivity contribution in [2.75, 3.05) is 0 Å². The Hall–Kier alpha value is -1.79. The van der Waals surface area contributed by atoms with Crippen molar-refractivity contribution in [2.45, 2.75) is 19.9 Å². The minimum Gasteiger partial charge on any atom is -0.291 e. The van der Waals surface area contributed by atoms with E-state index in [9.17, 15) is 9.59 Å². The molecule has 0 bridgehead atoms. The molecule has 0 aliphatic rings. The maximum absolute atomic E-state index is 12.2. The fourth-order valence-corrected chi connectivity index (χ4v) is 3.56. The van der Waals surface area contributed by atoms with E-state index in [1.165, 1.54) is 38.4 Å². The van der Waals surface area contributed by atoms with Gasteiger partial charge in [-0.15, -0.1) is 22.7 Å². The fourth-order valence-electron chi connectivity index (χ4n) is 1.96. The monoisotopic (exact) mass is 304 g/mol. The molecule has 3 heterocycles. The first-order valence-electron chi connectivity index (χ1n) is 6.23. The zero-order valence-corrected chi connectivity index (χ0v) is 12.5. The minimum absolute atomic E-state index is 0.0429. The molecule has 3 rings (SSSR count). The molecule has 3 aromatic rings. The van der Waals surface area contributed by atoms with Gasteiger partial charge in [-0.3, -0.25) is 14.2 Å². The molecule has 4 nitrogen and oxygen atoms in total. The van der Waals surface area contributed by atoms with E-state index in [-0.39, 0.29) is 17.9 Å². The summed E-state index contributed by atoms with van der Waals surface area (Å²) in [7, 11) is 0. The predicted molar refractivity (Wildman–Crippen MR) is 81.9 cm³/mol. The van der Waals surface area contributed by atoms with Gasteiger partial charge in [-0.1, -0.05) is 6.92 Å². The van der Waals surface area contributed by atoms with E-state index in [1.807, 2.05) is 17.5 Å². The zero-order chi connectivity index (χ0) is 14.1. The van der Waals surface area contributed by atoms with Crippen LogP contribution in [-0.2, 0) is 13.0 Å². The Kier molecular flexibility index (Phi) is 3.50. The SMILES string of the molecule is CCc1ccc(C(=O)Cn2cnc3sccc3c2=O)s1. The van der Waals surface area contributed by atoms with Crippen LogP contribution < -0.4 is 5.56 Å². The van der Waals surface area contributed by atoms with Gasteiger partial charge in [0.25, 0.3) is 5.56 Å². The Morgan fingerprint density at radius 2 is 2.20 bits per heavy atom. The van der Waals surface area contributed by atoms with Crippen LogP contribution in [0.2, 0.25) is 0 Å². The molecule has 0 aliphatic carbocycles. The fraction of sp³-hybridized carbons (Fsp3) is 0.214. The van der Waals surface area contributed by atoms with Gasteiger partial charge in [0.05, 0.1) is 23.1 Å². The van der Waals surface area contributed by atoms with Crippen LogP contribution in [-0.4, -0.2) is 15.3 Å². The van der Waals surface area contributed by atoms with Crippen molar-refractivity contribution in [3.05, 3.63) is 50.0 Å². The van der Waals surface area contributed by atoms with Crippen LogP contribution in [0.4, 0.5) is 0 Å². The van der Waals surface area contributed by atoms with Gasteiger partial charge >= 0.3 is 0 Å². The maximum Gasteiger partial charge on any atom is 0.262 e. The standard InChI is InChI=1S/C14H12N2O2S2/c1-2-9-3-4-12(20-9)11(17)7-16-8-15-13-10(14(16)18)5-6-19-13/h3-6,8H,2,7H2,1H3. The number of nitrogens with zero attached hydrogens (tertiary/aromatic N) is 2. The van der Waals surface area contributed by atoms with E-state index in [0.717, 1.165) is 6.42 Å². The second-order valence-electron chi connectivity index (χ2n) is 4.36. The topological polar surface area (TPSA) is 52.0 Å². The Morgan fingerprint density at radius 1 is 1.35 bits per heavy atom. The highest BCUT2D eigenvalue weighted by Crippen LogP contribution is 2.18. The summed E-state index contributed by atoms with van der Waals surface area (Å²) in [5.41, 5.74) is -0.156. The van der Waals surface area contributed by atoms with Crippen molar-refractivity contribution in [3.63, 3.8) is 0 Å². The highest BCUT2D eigenvalue weighted by atomic mass is 32.1. The van der Waals surface area contributed by atoms with E-state index in [1.54, 1.807) is 6.07 Å². The molecule has 0 aromatic carbocycles. The third-order valence-corrected chi connectivity index (χ3v) is 5.14. The van der Waals surface area contributed by atoms with Crippen LogP contribution in [0.1, 0.15) is 21.5 Å². The number of aryl methyl sites for hydroxylation is 1. The molecule has 0 atom stereocenters. The summed E-state index contributed by atoms with van der Waals surface area (Å²) in [6.45, 7) is 2.10. The number of carbonyl (C=O) groups excluding carboxylic acids is 1. The number of Topliss-reactive ketones (excluding diaryl/α,β-unsaturated/α-hetero) is 1. The summed E-state index contributed by atoms with van der Waals surface area (Å²) in [6, 6.07) is 5.53. The van der Waals surface area contributed by atoms with Crippen molar-refractivity contribution in [1.82, 2.24) is 9.55 Å². The van der Waals surface area contributed by atoms with Crippen molar-refractivity contribution in [2.24, 2.45) is 0 Å². The van der Waals surface area contributed by atoms with Gasteiger partial charge in [0.15, 0.2) is 5.78 Å².